The molecule has 15 heavy (non-hydrogen) atoms. The summed E-state index contributed by atoms with van der Waals surface area (Å²) in [6.07, 6.45) is 3.70. The van der Waals surface area contributed by atoms with E-state index in [0.717, 1.165) is 16.6 Å². The first-order valence-electron chi connectivity index (χ1n) is 5.01. The molecule has 0 radical (unpaired) electrons. The van der Waals surface area contributed by atoms with Crippen molar-refractivity contribution in [2.24, 2.45) is 0 Å². The van der Waals surface area contributed by atoms with Crippen LogP contribution in [0.4, 0.5) is 0 Å². The molecule has 0 aliphatic carbocycles. The molecule has 2 aromatic rings. The van der Waals surface area contributed by atoms with Crippen LogP contribution >= 0.6 is 0 Å². The Kier molecular flexibility index (Phi) is 2.37. The zero-order valence-electron chi connectivity index (χ0n) is 9.26. The van der Waals surface area contributed by atoms with Gasteiger partial charge in [0.25, 0.3) is 0 Å². The summed E-state index contributed by atoms with van der Waals surface area (Å²) >= 11 is 0. The summed E-state index contributed by atoms with van der Waals surface area (Å²) in [7, 11) is -1.30. The van der Waals surface area contributed by atoms with Gasteiger partial charge in [-0.05, 0) is 12.1 Å². The monoisotopic (exact) mass is 214 g/mol. The van der Waals surface area contributed by atoms with E-state index in [2.05, 4.69) is 41.1 Å². The molecule has 0 spiro atoms. The predicted octanol–water partition coefficient (Wildman–Crippen LogP) is 2.79. The normalized spacial score (nSPS) is 11.1. The number of rotatable bonds is 0. The van der Waals surface area contributed by atoms with Crippen molar-refractivity contribution in [3.05, 3.63) is 30.1 Å². The van der Waals surface area contributed by atoms with Crippen LogP contribution in [0.1, 0.15) is 5.56 Å². The van der Waals surface area contributed by atoms with Crippen LogP contribution in [0.5, 0.6) is 0 Å². The van der Waals surface area contributed by atoms with Gasteiger partial charge in [0.1, 0.15) is 13.7 Å². The number of hydrogen-bond acceptors (Lipinski definition) is 1. The topological polar surface area (TPSA) is 28.7 Å². The lowest BCUT2D eigenvalue weighted by atomic mass is 10.2. The van der Waals surface area contributed by atoms with Crippen LogP contribution in [-0.4, -0.2) is 18.0 Å². The molecule has 0 amide bonds. The van der Waals surface area contributed by atoms with Crippen LogP contribution in [0.25, 0.3) is 11.0 Å². The van der Waals surface area contributed by atoms with Crippen LogP contribution in [0.3, 0.4) is 0 Å². The van der Waals surface area contributed by atoms with E-state index in [9.17, 15) is 0 Å². The average molecular weight is 214 g/mol. The highest BCUT2D eigenvalue weighted by atomic mass is 28.3. The van der Waals surface area contributed by atoms with Crippen LogP contribution in [-0.2, 0) is 0 Å². The Labute approximate surface area is 90.7 Å². The van der Waals surface area contributed by atoms with Crippen molar-refractivity contribution < 1.29 is 0 Å². The first kappa shape index (κ1) is 10.0. The Morgan fingerprint density at radius 1 is 1.27 bits per heavy atom. The van der Waals surface area contributed by atoms with Crippen molar-refractivity contribution in [2.45, 2.75) is 19.6 Å². The molecule has 2 aromatic heterocycles. The van der Waals surface area contributed by atoms with Gasteiger partial charge in [0.2, 0.25) is 0 Å². The number of fused-ring (bicyclic) bond motifs is 1. The van der Waals surface area contributed by atoms with Crippen molar-refractivity contribution in [3.63, 3.8) is 0 Å². The van der Waals surface area contributed by atoms with Crippen LogP contribution in [0.2, 0.25) is 19.6 Å². The fourth-order valence-electron chi connectivity index (χ4n) is 1.32. The second-order valence-corrected chi connectivity index (χ2v) is 9.35. The van der Waals surface area contributed by atoms with E-state index in [4.69, 9.17) is 0 Å². The molecule has 0 atom stereocenters. The number of aromatic nitrogens is 2. The van der Waals surface area contributed by atoms with Crippen molar-refractivity contribution in [3.8, 4) is 11.5 Å². The average Bonchev–Trinajstić information content (AvgIpc) is 2.61. The molecule has 1 N–H and O–H groups in total. The highest BCUT2D eigenvalue weighted by Gasteiger charge is 2.08. The number of H-pyrrole nitrogens is 1. The van der Waals surface area contributed by atoms with Crippen molar-refractivity contribution in [2.75, 3.05) is 0 Å². The molecular formula is C12H14N2Si. The zero-order chi connectivity index (χ0) is 10.9. The molecule has 0 saturated heterocycles. The first-order chi connectivity index (χ1) is 7.06. The summed E-state index contributed by atoms with van der Waals surface area (Å²) < 4.78 is 0. The van der Waals surface area contributed by atoms with Gasteiger partial charge in [-0.25, -0.2) is 4.98 Å². The lowest BCUT2D eigenvalue weighted by molar-refractivity contribution is 1.32. The third kappa shape index (κ3) is 2.28. The van der Waals surface area contributed by atoms with Gasteiger partial charge in [0.15, 0.2) is 0 Å². The number of nitrogens with one attached hydrogen (secondary N) is 1. The number of hydrogen-bond donors (Lipinski definition) is 1. The Morgan fingerprint density at radius 3 is 2.80 bits per heavy atom. The summed E-state index contributed by atoms with van der Waals surface area (Å²) in [5.74, 6) is 3.27. The van der Waals surface area contributed by atoms with Crippen LogP contribution < -0.4 is 0 Å². The molecule has 0 unspecified atom stereocenters. The van der Waals surface area contributed by atoms with Crippen molar-refractivity contribution in [1.29, 1.82) is 0 Å². The van der Waals surface area contributed by atoms with Crippen molar-refractivity contribution >= 4 is 19.1 Å². The third-order valence-electron chi connectivity index (χ3n) is 2.03. The second-order valence-electron chi connectivity index (χ2n) is 4.60. The predicted molar refractivity (Wildman–Crippen MR) is 66.3 cm³/mol. The molecule has 0 fully saturated rings. The number of aromatic amines is 1. The minimum Gasteiger partial charge on any atom is -0.346 e. The summed E-state index contributed by atoms with van der Waals surface area (Å²) in [5, 5.41) is 1.11. The highest BCUT2D eigenvalue weighted by Crippen LogP contribution is 2.13. The molecule has 0 aliphatic heterocycles. The van der Waals surface area contributed by atoms with Gasteiger partial charge in [-0.15, -0.1) is 5.54 Å². The van der Waals surface area contributed by atoms with E-state index in [-0.39, 0.29) is 0 Å². The van der Waals surface area contributed by atoms with Gasteiger partial charge >= 0.3 is 0 Å². The van der Waals surface area contributed by atoms with E-state index < -0.39 is 8.07 Å². The summed E-state index contributed by atoms with van der Waals surface area (Å²) in [4.78, 5) is 7.32. The molecule has 3 heteroatoms. The molecule has 2 heterocycles. The molecule has 0 bridgehead atoms. The largest absolute Gasteiger partial charge is 0.346 e. The van der Waals surface area contributed by atoms with E-state index in [1.807, 2.05) is 18.3 Å². The molecule has 2 rings (SSSR count). The van der Waals surface area contributed by atoms with E-state index in [0.29, 0.717) is 0 Å². The maximum atomic E-state index is 4.23. The fourth-order valence-corrected chi connectivity index (χ4v) is 1.83. The molecular weight excluding hydrogens is 200 g/mol. The fraction of sp³-hybridized carbons (Fsp3) is 0.250. The molecule has 76 valence electrons. The molecule has 2 nitrogen and oxygen atoms in total. The van der Waals surface area contributed by atoms with E-state index in [1.165, 1.54) is 0 Å². The number of pyridine rings is 1. The maximum absolute atomic E-state index is 4.23. The van der Waals surface area contributed by atoms with Gasteiger partial charge in [-0.1, -0.05) is 25.6 Å². The van der Waals surface area contributed by atoms with E-state index >= 15 is 0 Å². The Hall–Kier alpha value is -1.53. The number of nitrogens with zero attached hydrogens (tertiary/aromatic N) is 1. The van der Waals surface area contributed by atoms with Gasteiger partial charge in [-0.2, -0.15) is 0 Å². The molecule has 0 aliphatic rings. The van der Waals surface area contributed by atoms with Crippen LogP contribution in [0.15, 0.2) is 24.5 Å². The lowest BCUT2D eigenvalue weighted by Gasteiger charge is -2.03. The summed E-state index contributed by atoms with van der Waals surface area (Å²) in [6, 6.07) is 4.00. The highest BCUT2D eigenvalue weighted by molar-refractivity contribution is 6.83. The Morgan fingerprint density at radius 2 is 2.07 bits per heavy atom. The van der Waals surface area contributed by atoms with E-state index in [1.54, 1.807) is 6.20 Å². The third-order valence-corrected chi connectivity index (χ3v) is 2.91. The lowest BCUT2D eigenvalue weighted by Crippen LogP contribution is -2.16. The Bertz CT molecular complexity index is 538. The van der Waals surface area contributed by atoms with Gasteiger partial charge in [-0.3, -0.25) is 0 Å². The summed E-state index contributed by atoms with van der Waals surface area (Å²) in [5.41, 5.74) is 5.35. The minimum atomic E-state index is -1.30. The van der Waals surface area contributed by atoms with Gasteiger partial charge in [0.05, 0.1) is 0 Å². The molecule has 0 saturated carbocycles. The van der Waals surface area contributed by atoms with Crippen LogP contribution in [0, 0.1) is 11.5 Å². The second kappa shape index (κ2) is 3.56. The SMILES string of the molecule is C[Si](C)(C)C#Cc1ccnc2[nH]ccc12. The van der Waals surface area contributed by atoms with Crippen molar-refractivity contribution in [1.82, 2.24) is 9.97 Å². The first-order valence-corrected chi connectivity index (χ1v) is 8.51. The molecule has 0 aromatic carbocycles. The van der Waals surface area contributed by atoms with Gasteiger partial charge in [0, 0.05) is 23.3 Å². The smallest absolute Gasteiger partial charge is 0.138 e. The summed E-state index contributed by atoms with van der Waals surface area (Å²) in [6.45, 7) is 6.74. The standard InChI is InChI=1S/C12H14N2Si/c1-15(2,3)9-6-10-4-7-13-12-11(10)5-8-14-12/h4-5,7-8H,1-3H3,(H,13,14). The zero-order valence-corrected chi connectivity index (χ0v) is 10.3. The minimum absolute atomic E-state index is 0.914. The van der Waals surface area contributed by atoms with Gasteiger partial charge < -0.3 is 4.98 Å². The quantitative estimate of drug-likeness (QED) is 0.530. The maximum Gasteiger partial charge on any atom is 0.138 e. The Balaban J connectivity index is 2.51.